The highest BCUT2D eigenvalue weighted by Crippen LogP contribution is 2.29. The van der Waals surface area contributed by atoms with E-state index in [2.05, 4.69) is 5.32 Å². The fourth-order valence-electron chi connectivity index (χ4n) is 2.67. The number of benzene rings is 2. The molecule has 2 aromatic carbocycles. The van der Waals surface area contributed by atoms with E-state index in [1.807, 2.05) is 41.8 Å². The number of para-hydroxylation sites is 2. The predicted molar refractivity (Wildman–Crippen MR) is 103 cm³/mol. The first kappa shape index (κ1) is 18.3. The molecular weight excluding hydrogens is 375 g/mol. The van der Waals surface area contributed by atoms with Gasteiger partial charge in [0.1, 0.15) is 6.54 Å². The van der Waals surface area contributed by atoms with Gasteiger partial charge in [0.15, 0.2) is 6.61 Å². The largest absolute Gasteiger partial charge is 0.454 e. The van der Waals surface area contributed by atoms with Crippen molar-refractivity contribution in [2.24, 2.45) is 0 Å². The maximum absolute atomic E-state index is 12.1. The molecule has 0 atom stereocenters. The standard InChI is InChI=1S/C19H16Cl2N2O3/c1-12-9-13-5-2-3-8-16(13)23(12)10-18(25)26-11-17(24)22-19-14(20)6-4-7-15(19)21/h2-9H,10-11H2,1H3,(H,22,24). The summed E-state index contributed by atoms with van der Waals surface area (Å²) in [6, 6.07) is 14.6. The Labute approximate surface area is 160 Å². The number of hydrogen-bond donors (Lipinski definition) is 1. The lowest BCUT2D eigenvalue weighted by atomic mass is 10.2. The fraction of sp³-hybridized carbons (Fsp3) is 0.158. The van der Waals surface area contributed by atoms with Gasteiger partial charge in [-0.05, 0) is 36.6 Å². The number of esters is 1. The third-order valence-electron chi connectivity index (χ3n) is 3.90. The van der Waals surface area contributed by atoms with E-state index in [4.69, 9.17) is 27.9 Å². The van der Waals surface area contributed by atoms with E-state index >= 15 is 0 Å². The van der Waals surface area contributed by atoms with Gasteiger partial charge in [-0.3, -0.25) is 9.59 Å². The van der Waals surface area contributed by atoms with Crippen LogP contribution in [0.2, 0.25) is 10.0 Å². The van der Waals surface area contributed by atoms with Crippen LogP contribution in [0.5, 0.6) is 0 Å². The Bertz CT molecular complexity index is 962. The number of rotatable bonds is 5. The van der Waals surface area contributed by atoms with Gasteiger partial charge in [0.05, 0.1) is 15.7 Å². The number of carbonyl (C=O) groups is 2. The molecule has 7 heteroatoms. The number of nitrogens with zero attached hydrogens (tertiary/aromatic N) is 1. The van der Waals surface area contributed by atoms with Crippen molar-refractivity contribution in [3.8, 4) is 0 Å². The van der Waals surface area contributed by atoms with E-state index in [0.717, 1.165) is 16.6 Å². The van der Waals surface area contributed by atoms with Gasteiger partial charge in [-0.1, -0.05) is 47.5 Å². The zero-order valence-electron chi connectivity index (χ0n) is 14.0. The monoisotopic (exact) mass is 390 g/mol. The number of nitrogens with one attached hydrogen (secondary N) is 1. The molecule has 3 aromatic rings. The molecule has 3 rings (SSSR count). The van der Waals surface area contributed by atoms with E-state index in [1.54, 1.807) is 18.2 Å². The lowest BCUT2D eigenvalue weighted by molar-refractivity contribution is -0.147. The highest BCUT2D eigenvalue weighted by atomic mass is 35.5. The second-order valence-corrected chi connectivity index (χ2v) is 6.55. The molecule has 26 heavy (non-hydrogen) atoms. The fourth-order valence-corrected chi connectivity index (χ4v) is 3.16. The number of aromatic nitrogens is 1. The van der Waals surface area contributed by atoms with Crippen molar-refractivity contribution in [2.45, 2.75) is 13.5 Å². The molecule has 0 aliphatic carbocycles. The maximum Gasteiger partial charge on any atom is 0.326 e. The summed E-state index contributed by atoms with van der Waals surface area (Å²) in [4.78, 5) is 24.1. The van der Waals surface area contributed by atoms with E-state index in [1.165, 1.54) is 0 Å². The number of carbonyl (C=O) groups excluding carboxylic acids is 2. The summed E-state index contributed by atoms with van der Waals surface area (Å²) in [5.74, 6) is -1.02. The second-order valence-electron chi connectivity index (χ2n) is 5.74. The van der Waals surface area contributed by atoms with Crippen LogP contribution in [0.4, 0.5) is 5.69 Å². The van der Waals surface area contributed by atoms with E-state index < -0.39 is 18.5 Å². The second kappa shape index (κ2) is 7.81. The summed E-state index contributed by atoms with van der Waals surface area (Å²) >= 11 is 12.0. The molecular formula is C19H16Cl2N2O3. The van der Waals surface area contributed by atoms with Crippen LogP contribution in [0.3, 0.4) is 0 Å². The summed E-state index contributed by atoms with van der Waals surface area (Å²) in [6.45, 7) is 1.53. The molecule has 134 valence electrons. The normalized spacial score (nSPS) is 10.7. The average Bonchev–Trinajstić information content (AvgIpc) is 2.92. The molecule has 0 radical (unpaired) electrons. The Kier molecular flexibility index (Phi) is 5.49. The summed E-state index contributed by atoms with van der Waals surface area (Å²) in [5, 5.41) is 4.22. The zero-order chi connectivity index (χ0) is 18.7. The molecule has 0 aliphatic rings. The minimum Gasteiger partial charge on any atom is -0.454 e. The van der Waals surface area contributed by atoms with E-state index in [9.17, 15) is 9.59 Å². The van der Waals surface area contributed by atoms with Gasteiger partial charge >= 0.3 is 5.97 Å². The van der Waals surface area contributed by atoms with Crippen LogP contribution in [0.1, 0.15) is 5.69 Å². The molecule has 0 saturated heterocycles. The van der Waals surface area contributed by atoms with Crippen LogP contribution in [-0.2, 0) is 20.9 Å². The third-order valence-corrected chi connectivity index (χ3v) is 4.53. The SMILES string of the molecule is Cc1cc2ccccc2n1CC(=O)OCC(=O)Nc1c(Cl)cccc1Cl. The Hall–Kier alpha value is -2.50. The first-order valence-electron chi connectivity index (χ1n) is 7.90. The predicted octanol–water partition coefficient (Wildman–Crippen LogP) is 4.44. The Morgan fingerprint density at radius 3 is 2.50 bits per heavy atom. The van der Waals surface area contributed by atoms with Crippen LogP contribution < -0.4 is 5.32 Å². The van der Waals surface area contributed by atoms with Gasteiger partial charge in [-0.15, -0.1) is 0 Å². The van der Waals surface area contributed by atoms with Crippen molar-refractivity contribution < 1.29 is 14.3 Å². The summed E-state index contributed by atoms with van der Waals surface area (Å²) in [5.41, 5.74) is 2.17. The zero-order valence-corrected chi connectivity index (χ0v) is 15.5. The van der Waals surface area contributed by atoms with Crippen molar-refractivity contribution >= 4 is 51.7 Å². The Morgan fingerprint density at radius 1 is 1.08 bits per heavy atom. The minimum absolute atomic E-state index is 0.0273. The van der Waals surface area contributed by atoms with Crippen LogP contribution in [0.15, 0.2) is 48.5 Å². The van der Waals surface area contributed by atoms with Gasteiger partial charge in [-0.2, -0.15) is 0 Å². The van der Waals surface area contributed by atoms with E-state index in [0.29, 0.717) is 15.7 Å². The number of fused-ring (bicyclic) bond motifs is 1. The Balaban J connectivity index is 1.60. The van der Waals surface area contributed by atoms with Crippen molar-refractivity contribution in [1.82, 2.24) is 4.57 Å². The van der Waals surface area contributed by atoms with Crippen LogP contribution in [0.25, 0.3) is 10.9 Å². The lowest BCUT2D eigenvalue weighted by Gasteiger charge is -2.11. The van der Waals surface area contributed by atoms with Gasteiger partial charge in [0.2, 0.25) is 0 Å². The van der Waals surface area contributed by atoms with Gasteiger partial charge < -0.3 is 14.6 Å². The van der Waals surface area contributed by atoms with Crippen molar-refractivity contribution in [1.29, 1.82) is 0 Å². The summed E-state index contributed by atoms with van der Waals surface area (Å²) < 4.78 is 6.92. The summed E-state index contributed by atoms with van der Waals surface area (Å²) in [6.07, 6.45) is 0. The molecule has 1 aromatic heterocycles. The number of ether oxygens (including phenoxy) is 1. The maximum atomic E-state index is 12.1. The van der Waals surface area contributed by atoms with Crippen molar-refractivity contribution in [2.75, 3.05) is 11.9 Å². The molecule has 1 heterocycles. The quantitative estimate of drug-likeness (QED) is 0.655. The highest BCUT2D eigenvalue weighted by molar-refractivity contribution is 6.39. The molecule has 0 aliphatic heterocycles. The number of halogens is 2. The van der Waals surface area contributed by atoms with Crippen LogP contribution >= 0.6 is 23.2 Å². The van der Waals surface area contributed by atoms with Crippen LogP contribution in [0, 0.1) is 6.92 Å². The topological polar surface area (TPSA) is 60.3 Å². The number of hydrogen-bond acceptors (Lipinski definition) is 3. The first-order valence-corrected chi connectivity index (χ1v) is 8.65. The number of anilines is 1. The molecule has 0 fully saturated rings. The van der Waals surface area contributed by atoms with Gasteiger partial charge in [0.25, 0.3) is 5.91 Å². The lowest BCUT2D eigenvalue weighted by Crippen LogP contribution is -2.23. The number of aryl methyl sites for hydroxylation is 1. The van der Waals surface area contributed by atoms with Crippen molar-refractivity contribution in [3.63, 3.8) is 0 Å². The smallest absolute Gasteiger partial charge is 0.326 e. The molecule has 5 nitrogen and oxygen atoms in total. The average molecular weight is 391 g/mol. The molecule has 1 N–H and O–H groups in total. The van der Waals surface area contributed by atoms with Gasteiger partial charge in [0, 0.05) is 11.2 Å². The van der Waals surface area contributed by atoms with Gasteiger partial charge in [-0.25, -0.2) is 0 Å². The molecule has 1 amide bonds. The summed E-state index contributed by atoms with van der Waals surface area (Å²) in [7, 11) is 0. The molecule has 0 saturated carbocycles. The number of amides is 1. The molecule has 0 unspecified atom stereocenters. The minimum atomic E-state index is -0.512. The third kappa shape index (κ3) is 4.00. The van der Waals surface area contributed by atoms with Crippen LogP contribution in [-0.4, -0.2) is 23.1 Å². The Morgan fingerprint density at radius 2 is 1.77 bits per heavy atom. The molecule has 0 spiro atoms. The first-order chi connectivity index (χ1) is 12.5. The van der Waals surface area contributed by atoms with Crippen molar-refractivity contribution in [3.05, 3.63) is 64.3 Å². The van der Waals surface area contributed by atoms with E-state index in [-0.39, 0.29) is 6.54 Å². The highest BCUT2D eigenvalue weighted by Gasteiger charge is 2.14. The molecule has 0 bridgehead atoms.